The van der Waals surface area contributed by atoms with Gasteiger partial charge in [0.25, 0.3) is 0 Å². The van der Waals surface area contributed by atoms with E-state index in [-0.39, 0.29) is 12.1 Å². The summed E-state index contributed by atoms with van der Waals surface area (Å²) in [5, 5.41) is 0. The Bertz CT molecular complexity index is 453. The van der Waals surface area contributed by atoms with Gasteiger partial charge in [-0.15, -0.1) is 0 Å². The van der Waals surface area contributed by atoms with E-state index in [0.717, 1.165) is 56.8 Å². The number of ether oxygens (including phenoxy) is 1. The number of Topliss-reactive ketones (excluding diaryl/α,β-unsaturated/α-hetero) is 1. The first-order chi connectivity index (χ1) is 13.5. The van der Waals surface area contributed by atoms with Crippen molar-refractivity contribution < 1.29 is 14.3 Å². The maximum absolute atomic E-state index is 12.1. The van der Waals surface area contributed by atoms with Gasteiger partial charge in [0.15, 0.2) is 0 Å². The Morgan fingerprint density at radius 1 is 0.929 bits per heavy atom. The third-order valence-corrected chi connectivity index (χ3v) is 5.89. The molecular formula is C25H44O3. The predicted octanol–water partition coefficient (Wildman–Crippen LogP) is 7.18. The summed E-state index contributed by atoms with van der Waals surface area (Å²) in [7, 11) is 0. The average molecular weight is 393 g/mol. The van der Waals surface area contributed by atoms with Crippen LogP contribution < -0.4 is 0 Å². The zero-order valence-electron chi connectivity index (χ0n) is 18.7. The van der Waals surface area contributed by atoms with Crippen LogP contribution in [0.2, 0.25) is 0 Å². The number of allylic oxidation sites excluding steroid dienone is 2. The predicted molar refractivity (Wildman–Crippen MR) is 117 cm³/mol. The lowest BCUT2D eigenvalue weighted by atomic mass is 9.88. The minimum Gasteiger partial charge on any atom is -0.463 e. The molecule has 1 unspecified atom stereocenters. The fourth-order valence-electron chi connectivity index (χ4n) is 4.28. The molecule has 1 saturated carbocycles. The van der Waals surface area contributed by atoms with Gasteiger partial charge >= 0.3 is 5.97 Å². The van der Waals surface area contributed by atoms with Crippen molar-refractivity contribution in [3.63, 3.8) is 0 Å². The van der Waals surface area contributed by atoms with Crippen LogP contribution >= 0.6 is 0 Å². The Hall–Kier alpha value is -1.12. The maximum Gasteiger partial charge on any atom is 0.306 e. The summed E-state index contributed by atoms with van der Waals surface area (Å²) in [5.74, 6) is 1.87. The molecule has 0 heterocycles. The molecule has 3 heteroatoms. The Labute approximate surface area is 173 Å². The Balaban J connectivity index is 2.12. The first-order valence-corrected chi connectivity index (χ1v) is 11.9. The van der Waals surface area contributed by atoms with Gasteiger partial charge in [0, 0.05) is 19.3 Å². The second-order valence-electron chi connectivity index (χ2n) is 8.83. The van der Waals surface area contributed by atoms with Crippen LogP contribution in [0.5, 0.6) is 0 Å². The highest BCUT2D eigenvalue weighted by Gasteiger charge is 2.26. The molecule has 0 aromatic rings. The molecule has 0 bridgehead atoms. The molecule has 0 radical (unpaired) electrons. The number of rotatable bonds is 16. The SMILES string of the molecule is CCCCCCCC(=O)CCC1CCC[C@@H]1C/C=C\CCCC(=O)OC(C)C. The van der Waals surface area contributed by atoms with Crippen LogP contribution in [0.3, 0.4) is 0 Å². The fourth-order valence-corrected chi connectivity index (χ4v) is 4.28. The van der Waals surface area contributed by atoms with Crippen LogP contribution in [-0.4, -0.2) is 17.9 Å². The maximum atomic E-state index is 12.1. The van der Waals surface area contributed by atoms with Crippen LogP contribution in [-0.2, 0) is 14.3 Å². The van der Waals surface area contributed by atoms with E-state index in [1.165, 1.54) is 44.9 Å². The van der Waals surface area contributed by atoms with E-state index < -0.39 is 0 Å². The van der Waals surface area contributed by atoms with E-state index in [0.29, 0.717) is 12.2 Å². The molecule has 0 spiro atoms. The molecule has 0 aromatic carbocycles. The average Bonchev–Trinajstić information content (AvgIpc) is 3.09. The molecule has 0 amide bonds. The molecule has 1 aliphatic rings. The normalized spacial score (nSPS) is 19.6. The third kappa shape index (κ3) is 12.4. The van der Waals surface area contributed by atoms with E-state index in [4.69, 9.17) is 4.74 Å². The topological polar surface area (TPSA) is 43.4 Å². The lowest BCUT2D eigenvalue weighted by Gasteiger charge is -2.17. The molecule has 1 aliphatic carbocycles. The van der Waals surface area contributed by atoms with Gasteiger partial charge in [-0.25, -0.2) is 0 Å². The largest absolute Gasteiger partial charge is 0.463 e. The molecular weight excluding hydrogens is 348 g/mol. The Morgan fingerprint density at radius 2 is 1.68 bits per heavy atom. The second-order valence-corrected chi connectivity index (χ2v) is 8.83. The van der Waals surface area contributed by atoms with Crippen molar-refractivity contribution in [3.05, 3.63) is 12.2 Å². The first kappa shape index (κ1) is 24.9. The zero-order chi connectivity index (χ0) is 20.6. The number of unbranched alkanes of at least 4 members (excludes halogenated alkanes) is 5. The van der Waals surface area contributed by atoms with E-state index in [2.05, 4.69) is 19.1 Å². The van der Waals surface area contributed by atoms with Crippen LogP contribution in [0.25, 0.3) is 0 Å². The summed E-state index contributed by atoms with van der Waals surface area (Å²) in [6.07, 6.45) is 20.7. The molecule has 28 heavy (non-hydrogen) atoms. The lowest BCUT2D eigenvalue weighted by Crippen LogP contribution is -2.10. The van der Waals surface area contributed by atoms with Gasteiger partial charge < -0.3 is 4.74 Å². The highest BCUT2D eigenvalue weighted by atomic mass is 16.5. The molecule has 0 aliphatic heterocycles. The molecule has 162 valence electrons. The summed E-state index contributed by atoms with van der Waals surface area (Å²) in [6, 6.07) is 0. The summed E-state index contributed by atoms with van der Waals surface area (Å²) in [4.78, 5) is 23.6. The van der Waals surface area contributed by atoms with E-state index >= 15 is 0 Å². The van der Waals surface area contributed by atoms with Gasteiger partial charge in [0.2, 0.25) is 0 Å². The Morgan fingerprint density at radius 3 is 2.43 bits per heavy atom. The van der Waals surface area contributed by atoms with Crippen LogP contribution in [0.15, 0.2) is 12.2 Å². The van der Waals surface area contributed by atoms with Gasteiger partial charge in [0.1, 0.15) is 5.78 Å². The summed E-state index contributed by atoms with van der Waals surface area (Å²) in [6.45, 7) is 6.00. The number of ketones is 1. The van der Waals surface area contributed by atoms with Crippen LogP contribution in [0.4, 0.5) is 0 Å². The second kappa shape index (κ2) is 15.8. The molecule has 1 rings (SSSR count). The van der Waals surface area contributed by atoms with Gasteiger partial charge in [-0.3, -0.25) is 9.59 Å². The third-order valence-electron chi connectivity index (χ3n) is 5.89. The van der Waals surface area contributed by atoms with Gasteiger partial charge in [-0.2, -0.15) is 0 Å². The van der Waals surface area contributed by atoms with Crippen LogP contribution in [0, 0.1) is 11.8 Å². The van der Waals surface area contributed by atoms with Gasteiger partial charge in [0.05, 0.1) is 6.10 Å². The highest BCUT2D eigenvalue weighted by molar-refractivity contribution is 5.78. The van der Waals surface area contributed by atoms with Crippen molar-refractivity contribution >= 4 is 11.8 Å². The number of carbonyl (C=O) groups is 2. The minimum absolute atomic E-state index is 0.0183. The molecule has 1 fully saturated rings. The monoisotopic (exact) mass is 392 g/mol. The summed E-state index contributed by atoms with van der Waals surface area (Å²) < 4.78 is 5.15. The fraction of sp³-hybridized carbons (Fsp3) is 0.840. The molecule has 3 nitrogen and oxygen atoms in total. The van der Waals surface area contributed by atoms with Crippen molar-refractivity contribution in [2.75, 3.05) is 0 Å². The summed E-state index contributed by atoms with van der Waals surface area (Å²) >= 11 is 0. The smallest absolute Gasteiger partial charge is 0.306 e. The van der Waals surface area contributed by atoms with Gasteiger partial charge in [-0.05, 0) is 64.2 Å². The first-order valence-electron chi connectivity index (χ1n) is 11.9. The van der Waals surface area contributed by atoms with E-state index in [9.17, 15) is 9.59 Å². The van der Waals surface area contributed by atoms with Gasteiger partial charge in [-0.1, -0.05) is 57.6 Å². The van der Waals surface area contributed by atoms with E-state index in [1.54, 1.807) is 0 Å². The van der Waals surface area contributed by atoms with Crippen molar-refractivity contribution in [3.8, 4) is 0 Å². The number of esters is 1. The number of hydrogen-bond donors (Lipinski definition) is 0. The Kier molecular flexibility index (Phi) is 14.0. The van der Waals surface area contributed by atoms with E-state index in [1.807, 2.05) is 13.8 Å². The molecule has 0 N–H and O–H groups in total. The van der Waals surface area contributed by atoms with Crippen LogP contribution in [0.1, 0.15) is 117 Å². The number of hydrogen-bond acceptors (Lipinski definition) is 3. The standard InChI is InChI=1S/C25H44O3/c1-4-5-6-7-11-17-24(26)20-19-23-16-13-15-22(23)14-10-8-9-12-18-25(27)28-21(2)3/h8,10,21-23H,4-7,9,11-20H2,1-3H3/b10-8-/t22-,23?/m0/s1. The van der Waals surface area contributed by atoms with Crippen molar-refractivity contribution in [1.82, 2.24) is 0 Å². The number of carbonyl (C=O) groups excluding carboxylic acids is 2. The highest BCUT2D eigenvalue weighted by Crippen LogP contribution is 2.37. The minimum atomic E-state index is -0.0886. The lowest BCUT2D eigenvalue weighted by molar-refractivity contribution is -0.147. The zero-order valence-corrected chi connectivity index (χ0v) is 18.7. The summed E-state index contributed by atoms with van der Waals surface area (Å²) in [5.41, 5.74) is 0. The van der Waals surface area contributed by atoms with Crippen molar-refractivity contribution in [2.24, 2.45) is 11.8 Å². The molecule has 2 atom stereocenters. The molecule has 0 saturated heterocycles. The van der Waals surface area contributed by atoms with Crippen molar-refractivity contribution in [1.29, 1.82) is 0 Å². The quantitative estimate of drug-likeness (QED) is 0.159. The molecule has 0 aromatic heterocycles. The van der Waals surface area contributed by atoms with Crippen molar-refractivity contribution in [2.45, 2.75) is 123 Å².